The highest BCUT2D eigenvalue weighted by atomic mass is 16.5. The van der Waals surface area contributed by atoms with Crippen molar-refractivity contribution >= 4 is 16.8 Å². The number of carbonyl (C=O) groups excluding carboxylic acids is 1. The molecule has 0 spiro atoms. The Labute approximate surface area is 125 Å². The molecule has 2 rings (SSSR count). The monoisotopic (exact) mass is 286 g/mol. The van der Waals surface area contributed by atoms with E-state index in [-0.39, 0.29) is 17.9 Å². The van der Waals surface area contributed by atoms with Crippen molar-refractivity contribution in [1.82, 2.24) is 10.3 Å². The lowest BCUT2D eigenvalue weighted by molar-refractivity contribution is 0.0907. The molecule has 0 saturated heterocycles. The van der Waals surface area contributed by atoms with Gasteiger partial charge in [-0.15, -0.1) is 0 Å². The van der Waals surface area contributed by atoms with Gasteiger partial charge in [0.15, 0.2) is 0 Å². The number of rotatable bonds is 5. The van der Waals surface area contributed by atoms with Gasteiger partial charge >= 0.3 is 0 Å². The number of nitrogens with zero attached hydrogens (tertiary/aromatic N) is 1. The Morgan fingerprint density at radius 1 is 1.29 bits per heavy atom. The van der Waals surface area contributed by atoms with Crippen molar-refractivity contribution in [3.63, 3.8) is 0 Å². The van der Waals surface area contributed by atoms with Gasteiger partial charge in [0.25, 0.3) is 5.91 Å². The maximum absolute atomic E-state index is 12.5. The largest absolute Gasteiger partial charge is 0.383 e. The molecule has 0 aliphatic carbocycles. The molecular weight excluding hydrogens is 264 g/mol. The van der Waals surface area contributed by atoms with Gasteiger partial charge in [-0.1, -0.05) is 32.0 Å². The molecule has 1 N–H and O–H groups in total. The smallest absolute Gasteiger partial charge is 0.252 e. The topological polar surface area (TPSA) is 51.2 Å². The lowest BCUT2D eigenvalue weighted by atomic mass is 10.0. The summed E-state index contributed by atoms with van der Waals surface area (Å²) in [5.74, 6) is 0.192. The molecule has 4 nitrogen and oxygen atoms in total. The highest BCUT2D eigenvalue weighted by Crippen LogP contribution is 2.22. The molecule has 1 atom stereocenters. The van der Waals surface area contributed by atoms with Crippen molar-refractivity contribution in [2.24, 2.45) is 0 Å². The number of ether oxygens (including phenoxy) is 1. The molecular formula is C17H22N2O2. The fourth-order valence-electron chi connectivity index (χ4n) is 2.27. The summed E-state index contributed by atoms with van der Waals surface area (Å²) >= 11 is 0. The Morgan fingerprint density at radius 2 is 2.00 bits per heavy atom. The van der Waals surface area contributed by atoms with Crippen molar-refractivity contribution < 1.29 is 9.53 Å². The molecule has 1 heterocycles. The van der Waals surface area contributed by atoms with Crippen LogP contribution in [0.15, 0.2) is 30.3 Å². The minimum Gasteiger partial charge on any atom is -0.383 e. The van der Waals surface area contributed by atoms with Crippen LogP contribution in [0.4, 0.5) is 0 Å². The van der Waals surface area contributed by atoms with Gasteiger partial charge in [-0.2, -0.15) is 0 Å². The van der Waals surface area contributed by atoms with Crippen LogP contribution >= 0.6 is 0 Å². The molecule has 21 heavy (non-hydrogen) atoms. The second-order valence-electron chi connectivity index (χ2n) is 5.60. The molecule has 0 saturated carbocycles. The van der Waals surface area contributed by atoms with Gasteiger partial charge in [0.2, 0.25) is 0 Å². The van der Waals surface area contributed by atoms with Gasteiger partial charge in [0, 0.05) is 24.2 Å². The lowest BCUT2D eigenvalue weighted by Gasteiger charge is -2.15. The molecule has 1 amide bonds. The van der Waals surface area contributed by atoms with Gasteiger partial charge in [0.1, 0.15) is 0 Å². The number of amides is 1. The summed E-state index contributed by atoms with van der Waals surface area (Å²) < 4.78 is 5.06. The number of fused-ring (bicyclic) bond motifs is 1. The fraction of sp³-hybridized carbons (Fsp3) is 0.412. The third-order valence-corrected chi connectivity index (χ3v) is 3.37. The normalized spacial score (nSPS) is 12.6. The molecule has 2 aromatic rings. The third kappa shape index (κ3) is 3.58. The van der Waals surface area contributed by atoms with Gasteiger partial charge in [-0.25, -0.2) is 0 Å². The summed E-state index contributed by atoms with van der Waals surface area (Å²) in [7, 11) is 1.63. The summed E-state index contributed by atoms with van der Waals surface area (Å²) in [5, 5.41) is 3.84. The number of pyridine rings is 1. The number of methoxy groups -OCH3 is 1. The Morgan fingerprint density at radius 3 is 2.67 bits per heavy atom. The number of aromatic nitrogens is 1. The van der Waals surface area contributed by atoms with E-state index in [0.717, 1.165) is 16.6 Å². The van der Waals surface area contributed by atoms with E-state index in [0.29, 0.717) is 12.2 Å². The molecule has 1 aromatic carbocycles. The summed E-state index contributed by atoms with van der Waals surface area (Å²) in [5.41, 5.74) is 2.46. The van der Waals surface area contributed by atoms with Crippen LogP contribution in [-0.2, 0) is 4.74 Å². The molecule has 0 radical (unpaired) electrons. The molecule has 112 valence electrons. The minimum atomic E-state index is -0.0833. The standard InChI is InChI=1S/C17H22N2O2/c1-11(2)16-9-14(17(20)18-12(3)10-21-4)13-7-5-6-8-15(13)19-16/h5-9,11-12H,10H2,1-4H3,(H,18,20). The zero-order valence-electron chi connectivity index (χ0n) is 13.0. The molecule has 1 unspecified atom stereocenters. The van der Waals surface area contributed by atoms with E-state index in [1.807, 2.05) is 37.3 Å². The maximum Gasteiger partial charge on any atom is 0.252 e. The number of benzene rings is 1. The van der Waals surface area contributed by atoms with Crippen LogP contribution in [0.5, 0.6) is 0 Å². The van der Waals surface area contributed by atoms with Crippen LogP contribution in [0.25, 0.3) is 10.9 Å². The van der Waals surface area contributed by atoms with E-state index >= 15 is 0 Å². The molecule has 0 aliphatic rings. The number of hydrogen-bond acceptors (Lipinski definition) is 3. The summed E-state index contributed by atoms with van der Waals surface area (Å²) in [6.45, 7) is 6.57. The zero-order valence-corrected chi connectivity index (χ0v) is 13.0. The van der Waals surface area contributed by atoms with Crippen LogP contribution in [-0.4, -0.2) is 30.6 Å². The van der Waals surface area contributed by atoms with Crippen LogP contribution in [0.1, 0.15) is 42.7 Å². The van der Waals surface area contributed by atoms with E-state index in [1.165, 1.54) is 0 Å². The third-order valence-electron chi connectivity index (χ3n) is 3.37. The summed E-state index contributed by atoms with van der Waals surface area (Å²) in [6.07, 6.45) is 0. The van der Waals surface area contributed by atoms with Crippen molar-refractivity contribution in [3.8, 4) is 0 Å². The Balaban J connectivity index is 2.43. The predicted octanol–water partition coefficient (Wildman–Crippen LogP) is 3.12. The fourth-order valence-corrected chi connectivity index (χ4v) is 2.27. The first-order valence-corrected chi connectivity index (χ1v) is 7.22. The van der Waals surface area contributed by atoms with Gasteiger partial charge in [-0.3, -0.25) is 9.78 Å². The average Bonchev–Trinajstić information content (AvgIpc) is 2.46. The van der Waals surface area contributed by atoms with E-state index < -0.39 is 0 Å². The lowest BCUT2D eigenvalue weighted by Crippen LogP contribution is -2.35. The van der Waals surface area contributed by atoms with Gasteiger partial charge in [-0.05, 0) is 25.0 Å². The van der Waals surface area contributed by atoms with Crippen molar-refractivity contribution in [1.29, 1.82) is 0 Å². The number of nitrogens with one attached hydrogen (secondary N) is 1. The summed E-state index contributed by atoms with van der Waals surface area (Å²) in [6, 6.07) is 9.60. The van der Waals surface area contributed by atoms with E-state index in [1.54, 1.807) is 7.11 Å². The Bertz CT molecular complexity index is 638. The number of hydrogen-bond donors (Lipinski definition) is 1. The molecule has 0 bridgehead atoms. The van der Waals surface area contributed by atoms with Crippen molar-refractivity contribution in [2.45, 2.75) is 32.7 Å². The highest BCUT2D eigenvalue weighted by molar-refractivity contribution is 6.06. The first-order chi connectivity index (χ1) is 10.0. The number of carbonyl (C=O) groups is 1. The second-order valence-corrected chi connectivity index (χ2v) is 5.60. The maximum atomic E-state index is 12.5. The van der Waals surface area contributed by atoms with E-state index in [9.17, 15) is 4.79 Å². The molecule has 1 aromatic heterocycles. The van der Waals surface area contributed by atoms with E-state index in [2.05, 4.69) is 24.1 Å². The Kier molecular flexibility index (Phi) is 4.91. The predicted molar refractivity (Wildman–Crippen MR) is 84.6 cm³/mol. The molecule has 0 aliphatic heterocycles. The SMILES string of the molecule is COCC(C)NC(=O)c1cc(C(C)C)nc2ccccc12. The van der Waals surface area contributed by atoms with Crippen molar-refractivity contribution in [3.05, 3.63) is 41.6 Å². The molecule has 4 heteroatoms. The second kappa shape index (κ2) is 6.68. The minimum absolute atomic E-state index is 0.0306. The number of para-hydroxylation sites is 1. The van der Waals surface area contributed by atoms with E-state index in [4.69, 9.17) is 4.74 Å². The van der Waals surface area contributed by atoms with Crippen LogP contribution in [0, 0.1) is 0 Å². The van der Waals surface area contributed by atoms with Crippen molar-refractivity contribution in [2.75, 3.05) is 13.7 Å². The first kappa shape index (κ1) is 15.4. The first-order valence-electron chi connectivity index (χ1n) is 7.22. The van der Waals surface area contributed by atoms with Crippen LogP contribution in [0.2, 0.25) is 0 Å². The highest BCUT2D eigenvalue weighted by Gasteiger charge is 2.15. The quantitative estimate of drug-likeness (QED) is 0.918. The van der Waals surface area contributed by atoms with Crippen LogP contribution in [0.3, 0.4) is 0 Å². The zero-order chi connectivity index (χ0) is 15.4. The average molecular weight is 286 g/mol. The van der Waals surface area contributed by atoms with Gasteiger partial charge in [0.05, 0.1) is 17.7 Å². The summed E-state index contributed by atoms with van der Waals surface area (Å²) in [4.78, 5) is 17.2. The van der Waals surface area contributed by atoms with Gasteiger partial charge < -0.3 is 10.1 Å². The van der Waals surface area contributed by atoms with Crippen LogP contribution < -0.4 is 5.32 Å². The Hall–Kier alpha value is -1.94. The molecule has 0 fully saturated rings.